The first kappa shape index (κ1) is 13.5. The minimum Gasteiger partial charge on any atom is -0.259 e. The lowest BCUT2D eigenvalue weighted by Gasteiger charge is -2.13. The standard InChI is InChI=1S/C15H9F3N3/c1-9-6-11-13(7-19-9)20-8-21-14(11)10-4-2-3-5-12(10)15(16,17)18/h2,4-8H,1H3. The van der Waals surface area contributed by atoms with Crippen LogP contribution in [0, 0.1) is 13.0 Å². The summed E-state index contributed by atoms with van der Waals surface area (Å²) in [4.78, 5) is 12.2. The van der Waals surface area contributed by atoms with Crippen LogP contribution in [0.15, 0.2) is 36.8 Å². The number of hydrogen-bond acceptors (Lipinski definition) is 3. The zero-order valence-corrected chi connectivity index (χ0v) is 10.9. The second-order valence-electron chi connectivity index (χ2n) is 4.53. The van der Waals surface area contributed by atoms with Gasteiger partial charge >= 0.3 is 6.18 Å². The maximum atomic E-state index is 13.1. The van der Waals surface area contributed by atoms with Gasteiger partial charge in [0, 0.05) is 16.6 Å². The van der Waals surface area contributed by atoms with E-state index in [0.717, 1.165) is 6.07 Å². The molecule has 0 N–H and O–H groups in total. The Labute approximate surface area is 118 Å². The highest BCUT2D eigenvalue weighted by atomic mass is 19.4. The van der Waals surface area contributed by atoms with Crippen LogP contribution in [-0.4, -0.2) is 15.0 Å². The Kier molecular flexibility index (Phi) is 3.08. The molecule has 2 aromatic heterocycles. The number of hydrogen-bond donors (Lipinski definition) is 0. The summed E-state index contributed by atoms with van der Waals surface area (Å²) in [6, 6.07) is 7.87. The van der Waals surface area contributed by atoms with Gasteiger partial charge in [-0.05, 0) is 25.1 Å². The van der Waals surface area contributed by atoms with Crippen molar-refractivity contribution in [1.29, 1.82) is 0 Å². The molecule has 0 bridgehead atoms. The molecule has 0 spiro atoms. The van der Waals surface area contributed by atoms with Gasteiger partial charge in [0.05, 0.1) is 23.0 Å². The summed E-state index contributed by atoms with van der Waals surface area (Å²) in [7, 11) is 0. The summed E-state index contributed by atoms with van der Waals surface area (Å²) in [6.45, 7) is 1.76. The van der Waals surface area contributed by atoms with Gasteiger partial charge in [0.2, 0.25) is 0 Å². The van der Waals surface area contributed by atoms with Crippen LogP contribution in [-0.2, 0) is 6.18 Å². The molecule has 0 aliphatic rings. The van der Waals surface area contributed by atoms with E-state index in [1.807, 2.05) is 0 Å². The van der Waals surface area contributed by atoms with Gasteiger partial charge in [0.1, 0.15) is 6.33 Å². The molecule has 0 unspecified atom stereocenters. The van der Waals surface area contributed by atoms with Gasteiger partial charge in [-0.15, -0.1) is 0 Å². The number of fused-ring (bicyclic) bond motifs is 1. The molecule has 105 valence electrons. The van der Waals surface area contributed by atoms with Gasteiger partial charge in [-0.1, -0.05) is 12.1 Å². The molecule has 0 aliphatic carbocycles. The van der Waals surface area contributed by atoms with Gasteiger partial charge in [-0.2, -0.15) is 13.2 Å². The lowest BCUT2D eigenvalue weighted by atomic mass is 10.0. The number of aryl methyl sites for hydroxylation is 1. The summed E-state index contributed by atoms with van der Waals surface area (Å²) in [5.41, 5.74) is 0.687. The molecule has 0 saturated heterocycles. The molecule has 2 heterocycles. The third-order valence-corrected chi connectivity index (χ3v) is 3.08. The number of nitrogens with zero attached hydrogens (tertiary/aromatic N) is 3. The van der Waals surface area contributed by atoms with Crippen LogP contribution < -0.4 is 0 Å². The predicted molar refractivity (Wildman–Crippen MR) is 71.3 cm³/mol. The lowest BCUT2D eigenvalue weighted by molar-refractivity contribution is -0.137. The van der Waals surface area contributed by atoms with E-state index in [-0.39, 0.29) is 11.3 Å². The molecule has 3 aromatic rings. The van der Waals surface area contributed by atoms with E-state index >= 15 is 0 Å². The van der Waals surface area contributed by atoms with Crippen LogP contribution in [0.2, 0.25) is 0 Å². The zero-order chi connectivity index (χ0) is 15.0. The van der Waals surface area contributed by atoms with Crippen molar-refractivity contribution in [3.8, 4) is 11.3 Å². The SMILES string of the molecule is Cc1cc2c(-c3cc[c]cc3C(F)(F)F)ncnc2cn1. The molecule has 21 heavy (non-hydrogen) atoms. The van der Waals surface area contributed by atoms with E-state index < -0.39 is 11.7 Å². The Morgan fingerprint density at radius 2 is 1.95 bits per heavy atom. The van der Waals surface area contributed by atoms with E-state index in [2.05, 4.69) is 21.0 Å². The highest BCUT2D eigenvalue weighted by Gasteiger charge is 2.34. The van der Waals surface area contributed by atoms with Gasteiger partial charge in [0.25, 0.3) is 0 Å². The third-order valence-electron chi connectivity index (χ3n) is 3.08. The van der Waals surface area contributed by atoms with Gasteiger partial charge in [0.15, 0.2) is 0 Å². The molecule has 1 aromatic carbocycles. The monoisotopic (exact) mass is 288 g/mol. The number of pyridine rings is 1. The Morgan fingerprint density at radius 3 is 2.71 bits per heavy atom. The van der Waals surface area contributed by atoms with E-state index in [1.54, 1.807) is 13.0 Å². The minimum absolute atomic E-state index is 0.0132. The third kappa shape index (κ3) is 2.44. The number of alkyl halides is 3. The second-order valence-corrected chi connectivity index (χ2v) is 4.53. The zero-order valence-electron chi connectivity index (χ0n) is 10.9. The normalized spacial score (nSPS) is 11.8. The topological polar surface area (TPSA) is 38.7 Å². The average Bonchev–Trinajstić information content (AvgIpc) is 2.45. The first-order chi connectivity index (χ1) is 9.97. The molecule has 0 amide bonds. The molecule has 0 fully saturated rings. The number of aromatic nitrogens is 3. The van der Waals surface area contributed by atoms with Crippen molar-refractivity contribution in [3.63, 3.8) is 0 Å². The molecule has 0 atom stereocenters. The van der Waals surface area contributed by atoms with Gasteiger partial charge < -0.3 is 0 Å². The first-order valence-electron chi connectivity index (χ1n) is 6.12. The summed E-state index contributed by atoms with van der Waals surface area (Å²) < 4.78 is 39.4. The van der Waals surface area contributed by atoms with Crippen LogP contribution in [0.25, 0.3) is 22.2 Å². The van der Waals surface area contributed by atoms with E-state index in [4.69, 9.17) is 0 Å². The van der Waals surface area contributed by atoms with Crippen molar-refractivity contribution in [3.05, 3.63) is 54.1 Å². The smallest absolute Gasteiger partial charge is 0.259 e. The average molecular weight is 288 g/mol. The fraction of sp³-hybridized carbons (Fsp3) is 0.133. The Morgan fingerprint density at radius 1 is 1.14 bits per heavy atom. The highest BCUT2D eigenvalue weighted by Crippen LogP contribution is 2.37. The van der Waals surface area contributed by atoms with E-state index in [0.29, 0.717) is 16.6 Å². The van der Waals surface area contributed by atoms with Crippen LogP contribution in [0.4, 0.5) is 13.2 Å². The van der Waals surface area contributed by atoms with Crippen LogP contribution in [0.5, 0.6) is 0 Å². The Bertz CT molecular complexity index is 813. The van der Waals surface area contributed by atoms with Crippen molar-refractivity contribution in [2.24, 2.45) is 0 Å². The molecular formula is C15H9F3N3. The maximum absolute atomic E-state index is 13.1. The Hall–Kier alpha value is -2.50. The van der Waals surface area contributed by atoms with Crippen LogP contribution >= 0.6 is 0 Å². The van der Waals surface area contributed by atoms with Crippen molar-refractivity contribution in [1.82, 2.24) is 15.0 Å². The molecular weight excluding hydrogens is 279 g/mol. The fourth-order valence-corrected chi connectivity index (χ4v) is 2.15. The van der Waals surface area contributed by atoms with Crippen LogP contribution in [0.3, 0.4) is 0 Å². The lowest BCUT2D eigenvalue weighted by Crippen LogP contribution is -2.07. The summed E-state index contributed by atoms with van der Waals surface area (Å²) in [5, 5.41) is 0.543. The molecule has 1 radical (unpaired) electrons. The van der Waals surface area contributed by atoms with E-state index in [1.165, 1.54) is 24.7 Å². The highest BCUT2D eigenvalue weighted by molar-refractivity contribution is 5.92. The second kappa shape index (κ2) is 4.80. The maximum Gasteiger partial charge on any atom is 0.417 e. The quantitative estimate of drug-likeness (QED) is 0.683. The van der Waals surface area contributed by atoms with Crippen molar-refractivity contribution in [2.75, 3.05) is 0 Å². The molecule has 0 saturated carbocycles. The van der Waals surface area contributed by atoms with Gasteiger partial charge in [-0.3, -0.25) is 4.98 Å². The van der Waals surface area contributed by atoms with Crippen LogP contribution in [0.1, 0.15) is 11.3 Å². The largest absolute Gasteiger partial charge is 0.417 e. The molecule has 0 aliphatic heterocycles. The molecule has 3 nitrogen and oxygen atoms in total. The summed E-state index contributed by atoms with van der Waals surface area (Å²) in [6.07, 6.45) is -1.70. The van der Waals surface area contributed by atoms with Crippen molar-refractivity contribution in [2.45, 2.75) is 13.1 Å². The van der Waals surface area contributed by atoms with Gasteiger partial charge in [-0.25, -0.2) is 9.97 Å². The minimum atomic E-state index is -4.47. The first-order valence-corrected chi connectivity index (χ1v) is 6.12. The molecule has 6 heteroatoms. The number of rotatable bonds is 1. The summed E-state index contributed by atoms with van der Waals surface area (Å²) in [5.74, 6) is 0. The fourth-order valence-electron chi connectivity index (χ4n) is 2.15. The van der Waals surface area contributed by atoms with Crippen molar-refractivity contribution >= 4 is 10.9 Å². The Balaban J connectivity index is 2.34. The predicted octanol–water partition coefficient (Wildman–Crippen LogP) is 3.82. The summed E-state index contributed by atoms with van der Waals surface area (Å²) >= 11 is 0. The molecule has 3 rings (SSSR count). The number of halogens is 3. The number of benzene rings is 1. The van der Waals surface area contributed by atoms with Crippen molar-refractivity contribution < 1.29 is 13.2 Å². The van der Waals surface area contributed by atoms with E-state index in [9.17, 15) is 13.2 Å².